The second-order valence-electron chi connectivity index (χ2n) is 5.35. The minimum absolute atomic E-state index is 0.208. The van der Waals surface area contributed by atoms with Crippen LogP contribution in [0.1, 0.15) is 11.1 Å². The van der Waals surface area contributed by atoms with E-state index in [4.69, 9.17) is 5.73 Å². The Morgan fingerprint density at radius 1 is 1.04 bits per heavy atom. The third-order valence-corrected chi connectivity index (χ3v) is 3.81. The van der Waals surface area contributed by atoms with Gasteiger partial charge in [0.05, 0.1) is 11.1 Å². The lowest BCUT2D eigenvalue weighted by atomic mass is 10.1. The maximum absolute atomic E-state index is 12.6. The zero-order chi connectivity index (χ0) is 17.5. The number of carbonyl (C=O) groups excluding carboxylic acids is 1. The van der Waals surface area contributed by atoms with E-state index in [-0.39, 0.29) is 5.57 Å². The van der Waals surface area contributed by atoms with Gasteiger partial charge in [-0.05, 0) is 48.0 Å². The molecule has 0 saturated heterocycles. The molecule has 0 saturated carbocycles. The van der Waals surface area contributed by atoms with Crippen molar-refractivity contribution in [3.8, 4) is 5.69 Å². The Bertz CT molecular complexity index is 937. The zero-order valence-electron chi connectivity index (χ0n) is 12.5. The van der Waals surface area contributed by atoms with Gasteiger partial charge in [-0.3, -0.25) is 4.79 Å². The number of halogens is 3. The first-order valence-corrected chi connectivity index (χ1v) is 7.05. The van der Waals surface area contributed by atoms with E-state index < -0.39 is 17.6 Å². The van der Waals surface area contributed by atoms with Crippen molar-refractivity contribution in [1.82, 2.24) is 4.57 Å². The molecule has 6 heteroatoms. The van der Waals surface area contributed by atoms with E-state index in [0.717, 1.165) is 23.0 Å². The summed E-state index contributed by atoms with van der Waals surface area (Å²) >= 11 is 0. The number of aromatic nitrogens is 1. The van der Waals surface area contributed by atoms with Crippen molar-refractivity contribution < 1.29 is 18.0 Å². The Balaban J connectivity index is 2.02. The number of hydrogen-bond acceptors (Lipinski definition) is 1. The van der Waals surface area contributed by atoms with E-state index in [1.54, 1.807) is 29.0 Å². The van der Waals surface area contributed by atoms with Gasteiger partial charge in [-0.25, -0.2) is 0 Å². The molecule has 3 nitrogen and oxygen atoms in total. The summed E-state index contributed by atoms with van der Waals surface area (Å²) in [6.45, 7) is 3.64. The van der Waals surface area contributed by atoms with Crippen LogP contribution in [0.5, 0.6) is 0 Å². The van der Waals surface area contributed by atoms with Crippen LogP contribution in [0.2, 0.25) is 0 Å². The van der Waals surface area contributed by atoms with Crippen molar-refractivity contribution in [3.05, 3.63) is 72.4 Å². The van der Waals surface area contributed by atoms with E-state index in [9.17, 15) is 18.0 Å². The molecule has 0 spiro atoms. The third kappa shape index (κ3) is 2.78. The van der Waals surface area contributed by atoms with Gasteiger partial charge in [-0.2, -0.15) is 13.2 Å². The number of amides is 1. The quantitative estimate of drug-likeness (QED) is 0.721. The minimum atomic E-state index is -4.36. The molecule has 0 aliphatic heterocycles. The number of fused-ring (bicyclic) bond motifs is 1. The molecule has 1 aromatic heterocycles. The van der Waals surface area contributed by atoms with Gasteiger partial charge in [0.15, 0.2) is 0 Å². The SMILES string of the molecule is C=C(C(N)=O)c1ccc2c(ccn2-c2ccc(C(F)(F)F)cc2)c1. The molecule has 2 aromatic carbocycles. The zero-order valence-corrected chi connectivity index (χ0v) is 12.5. The fraction of sp³-hybridized carbons (Fsp3) is 0.0556. The summed E-state index contributed by atoms with van der Waals surface area (Å²) in [5, 5.41) is 0.829. The fourth-order valence-electron chi connectivity index (χ4n) is 2.51. The van der Waals surface area contributed by atoms with Gasteiger partial charge < -0.3 is 10.3 Å². The highest BCUT2D eigenvalue weighted by Gasteiger charge is 2.30. The van der Waals surface area contributed by atoms with Crippen LogP contribution in [0.4, 0.5) is 13.2 Å². The molecule has 1 heterocycles. The summed E-state index contributed by atoms with van der Waals surface area (Å²) in [6, 6.07) is 12.0. The molecule has 0 fully saturated rings. The summed E-state index contributed by atoms with van der Waals surface area (Å²) in [6.07, 6.45) is -2.61. The van der Waals surface area contributed by atoms with E-state index in [1.165, 1.54) is 12.1 Å². The molecular formula is C18H13F3N2O. The minimum Gasteiger partial charge on any atom is -0.366 e. The predicted octanol–water partition coefficient (Wildman–Crippen LogP) is 4.15. The smallest absolute Gasteiger partial charge is 0.366 e. The number of rotatable bonds is 3. The molecule has 0 bridgehead atoms. The molecular weight excluding hydrogens is 317 g/mol. The number of nitrogens with zero attached hydrogens (tertiary/aromatic N) is 1. The van der Waals surface area contributed by atoms with Gasteiger partial charge in [0.1, 0.15) is 0 Å². The first kappa shape index (κ1) is 15.9. The Hall–Kier alpha value is -3.02. The normalized spacial score (nSPS) is 11.6. The van der Waals surface area contributed by atoms with Gasteiger partial charge in [0.25, 0.3) is 0 Å². The van der Waals surface area contributed by atoms with Crippen LogP contribution in [-0.2, 0) is 11.0 Å². The van der Waals surface area contributed by atoms with Crippen LogP contribution in [0.25, 0.3) is 22.2 Å². The number of benzene rings is 2. The lowest BCUT2D eigenvalue weighted by molar-refractivity contribution is -0.137. The molecule has 0 radical (unpaired) electrons. The van der Waals surface area contributed by atoms with Crippen LogP contribution in [0, 0.1) is 0 Å². The maximum Gasteiger partial charge on any atom is 0.416 e. The van der Waals surface area contributed by atoms with Crippen molar-refractivity contribution >= 4 is 22.4 Å². The lowest BCUT2D eigenvalue weighted by Crippen LogP contribution is -2.11. The van der Waals surface area contributed by atoms with E-state index in [2.05, 4.69) is 6.58 Å². The lowest BCUT2D eigenvalue weighted by Gasteiger charge is -2.10. The van der Waals surface area contributed by atoms with E-state index in [0.29, 0.717) is 11.3 Å². The van der Waals surface area contributed by atoms with Crippen molar-refractivity contribution in [2.24, 2.45) is 5.73 Å². The van der Waals surface area contributed by atoms with E-state index in [1.807, 2.05) is 6.07 Å². The molecule has 3 rings (SSSR count). The molecule has 0 aliphatic rings. The first-order valence-electron chi connectivity index (χ1n) is 7.05. The number of hydrogen-bond donors (Lipinski definition) is 1. The second-order valence-corrected chi connectivity index (χ2v) is 5.35. The van der Waals surface area contributed by atoms with Crippen LogP contribution >= 0.6 is 0 Å². The third-order valence-electron chi connectivity index (χ3n) is 3.81. The molecule has 122 valence electrons. The fourth-order valence-corrected chi connectivity index (χ4v) is 2.51. The van der Waals surface area contributed by atoms with Crippen LogP contribution in [-0.4, -0.2) is 10.5 Å². The maximum atomic E-state index is 12.6. The molecule has 3 aromatic rings. The van der Waals surface area contributed by atoms with Gasteiger partial charge in [-0.15, -0.1) is 0 Å². The summed E-state index contributed by atoms with van der Waals surface area (Å²) in [7, 11) is 0. The molecule has 24 heavy (non-hydrogen) atoms. The van der Waals surface area contributed by atoms with Gasteiger partial charge in [-0.1, -0.05) is 12.6 Å². The van der Waals surface area contributed by atoms with Crippen molar-refractivity contribution in [3.63, 3.8) is 0 Å². The molecule has 0 unspecified atom stereocenters. The summed E-state index contributed by atoms with van der Waals surface area (Å²) in [5.74, 6) is -0.600. The van der Waals surface area contributed by atoms with Crippen LogP contribution in [0.15, 0.2) is 61.3 Å². The average molecular weight is 330 g/mol. The molecule has 0 aliphatic carbocycles. The van der Waals surface area contributed by atoms with E-state index >= 15 is 0 Å². The molecule has 1 amide bonds. The number of alkyl halides is 3. The van der Waals surface area contributed by atoms with Crippen molar-refractivity contribution in [2.45, 2.75) is 6.18 Å². The second kappa shape index (κ2) is 5.56. The van der Waals surface area contributed by atoms with Crippen molar-refractivity contribution in [1.29, 1.82) is 0 Å². The predicted molar refractivity (Wildman–Crippen MR) is 86.5 cm³/mol. The summed E-state index contributed by atoms with van der Waals surface area (Å²) in [5.41, 5.74) is 6.76. The first-order chi connectivity index (χ1) is 11.3. The Morgan fingerprint density at radius 2 is 1.71 bits per heavy atom. The highest BCUT2D eigenvalue weighted by molar-refractivity contribution is 6.18. The summed E-state index contributed by atoms with van der Waals surface area (Å²) < 4.78 is 39.7. The standard InChI is InChI=1S/C18H13F3N2O/c1-11(17(22)24)12-2-7-16-13(10-12)8-9-23(16)15-5-3-14(4-6-15)18(19,20)21/h2-10H,1H2,(H2,22,24). The van der Waals surface area contributed by atoms with Gasteiger partial charge >= 0.3 is 6.18 Å². The van der Waals surface area contributed by atoms with Gasteiger partial charge in [0.2, 0.25) is 5.91 Å². The summed E-state index contributed by atoms with van der Waals surface area (Å²) in [4.78, 5) is 11.2. The number of nitrogens with two attached hydrogens (primary N) is 1. The highest BCUT2D eigenvalue weighted by atomic mass is 19.4. The van der Waals surface area contributed by atoms with Gasteiger partial charge in [0, 0.05) is 22.8 Å². The Kier molecular flexibility index (Phi) is 3.67. The monoisotopic (exact) mass is 330 g/mol. The number of primary amides is 1. The number of carbonyl (C=O) groups is 1. The average Bonchev–Trinajstić information content (AvgIpc) is 2.96. The highest BCUT2D eigenvalue weighted by Crippen LogP contribution is 2.30. The largest absolute Gasteiger partial charge is 0.416 e. The Labute approximate surface area is 135 Å². The topological polar surface area (TPSA) is 48.0 Å². The Morgan fingerprint density at radius 3 is 2.29 bits per heavy atom. The molecule has 0 atom stereocenters. The van der Waals surface area contributed by atoms with Crippen LogP contribution < -0.4 is 5.73 Å². The van der Waals surface area contributed by atoms with Crippen molar-refractivity contribution in [2.75, 3.05) is 0 Å². The van der Waals surface area contributed by atoms with Crippen LogP contribution in [0.3, 0.4) is 0 Å². The molecule has 2 N–H and O–H groups in total.